The number of hydrogen-bond donors (Lipinski definition) is 1. The van der Waals surface area contributed by atoms with Gasteiger partial charge >= 0.3 is 0 Å². The van der Waals surface area contributed by atoms with E-state index in [1.54, 1.807) is 0 Å². The number of para-hydroxylation sites is 1. The first-order valence-electron chi connectivity index (χ1n) is 11.7. The van der Waals surface area contributed by atoms with Crippen LogP contribution in [0.2, 0.25) is 0 Å². The highest BCUT2D eigenvalue weighted by Gasteiger charge is 2.50. The number of carbonyl (C=O) groups excluding carboxylic acids is 2. The maximum Gasteiger partial charge on any atom is 0.253 e. The van der Waals surface area contributed by atoms with Crippen molar-refractivity contribution in [3.05, 3.63) is 66.2 Å². The fraction of sp³-hybridized carbons (Fsp3) is 0.462. The van der Waals surface area contributed by atoms with Crippen LogP contribution in [-0.2, 0) is 14.3 Å². The second-order valence-electron chi connectivity index (χ2n) is 9.23. The zero-order chi connectivity index (χ0) is 22.0. The standard InChI is InChI=1S/C26H31N3O3/c30-24-13-7-8-14-26(27-24)19-29(17-22(26)20-9-3-1-4-10-20)25(31)23-18-28(15-16-32-23)21-11-5-2-6-12-21/h1-6,9-12,22-23H,7-8,13-19H2,(H,27,30)/t22-,23?,26+/m0/s1. The lowest BCUT2D eigenvalue weighted by Crippen LogP contribution is -2.54. The highest BCUT2D eigenvalue weighted by molar-refractivity contribution is 5.83. The molecule has 2 amide bonds. The summed E-state index contributed by atoms with van der Waals surface area (Å²) in [6.07, 6.45) is 2.86. The van der Waals surface area contributed by atoms with E-state index in [9.17, 15) is 9.59 Å². The molecule has 0 radical (unpaired) electrons. The third-order valence-corrected chi connectivity index (χ3v) is 7.18. The molecular formula is C26H31N3O3. The minimum atomic E-state index is -0.489. The van der Waals surface area contributed by atoms with E-state index in [0.717, 1.165) is 31.5 Å². The maximum atomic E-state index is 13.6. The molecule has 3 aliphatic heterocycles. The largest absolute Gasteiger partial charge is 0.366 e. The lowest BCUT2D eigenvalue weighted by molar-refractivity contribution is -0.143. The number of amides is 2. The molecule has 32 heavy (non-hydrogen) atoms. The van der Waals surface area contributed by atoms with E-state index in [1.807, 2.05) is 41.3 Å². The van der Waals surface area contributed by atoms with Crippen molar-refractivity contribution in [3.63, 3.8) is 0 Å². The predicted octanol–water partition coefficient (Wildman–Crippen LogP) is 2.95. The van der Waals surface area contributed by atoms with Crippen molar-refractivity contribution < 1.29 is 14.3 Å². The van der Waals surface area contributed by atoms with E-state index < -0.39 is 11.6 Å². The molecule has 1 N–H and O–H groups in total. The molecule has 2 aromatic carbocycles. The molecule has 3 fully saturated rings. The number of ether oxygens (including phenoxy) is 1. The van der Waals surface area contributed by atoms with E-state index in [4.69, 9.17) is 4.74 Å². The Kier molecular flexibility index (Phi) is 5.87. The number of morpholine rings is 1. The summed E-state index contributed by atoms with van der Waals surface area (Å²) < 4.78 is 5.95. The topological polar surface area (TPSA) is 61.9 Å². The first-order chi connectivity index (χ1) is 15.6. The van der Waals surface area contributed by atoms with E-state index in [1.165, 1.54) is 5.56 Å². The molecule has 3 heterocycles. The highest BCUT2D eigenvalue weighted by Crippen LogP contribution is 2.41. The zero-order valence-corrected chi connectivity index (χ0v) is 18.4. The van der Waals surface area contributed by atoms with Crippen LogP contribution in [0.25, 0.3) is 0 Å². The van der Waals surface area contributed by atoms with Gasteiger partial charge < -0.3 is 19.9 Å². The third kappa shape index (κ3) is 4.11. The van der Waals surface area contributed by atoms with E-state index in [-0.39, 0.29) is 17.7 Å². The number of anilines is 1. The second-order valence-corrected chi connectivity index (χ2v) is 9.23. The fourth-order valence-corrected chi connectivity index (χ4v) is 5.57. The Labute approximate surface area is 189 Å². The number of benzene rings is 2. The van der Waals surface area contributed by atoms with Crippen LogP contribution in [0.4, 0.5) is 5.69 Å². The van der Waals surface area contributed by atoms with Crippen LogP contribution in [-0.4, -0.2) is 61.1 Å². The van der Waals surface area contributed by atoms with Crippen LogP contribution in [0.15, 0.2) is 60.7 Å². The van der Waals surface area contributed by atoms with Crippen molar-refractivity contribution in [2.75, 3.05) is 37.7 Å². The normalized spacial score (nSPS) is 28.4. The molecular weight excluding hydrogens is 402 g/mol. The van der Waals surface area contributed by atoms with Crippen LogP contribution in [0, 0.1) is 0 Å². The molecule has 5 rings (SSSR count). The highest BCUT2D eigenvalue weighted by atomic mass is 16.5. The number of carbonyl (C=O) groups is 2. The van der Waals surface area contributed by atoms with Gasteiger partial charge in [0.25, 0.3) is 5.91 Å². The first-order valence-corrected chi connectivity index (χ1v) is 11.7. The summed E-state index contributed by atoms with van der Waals surface area (Å²) in [4.78, 5) is 30.3. The van der Waals surface area contributed by atoms with Crippen LogP contribution >= 0.6 is 0 Å². The summed E-state index contributed by atoms with van der Waals surface area (Å²) in [6, 6.07) is 20.5. The Morgan fingerprint density at radius 1 is 1.00 bits per heavy atom. The van der Waals surface area contributed by atoms with E-state index in [0.29, 0.717) is 32.7 Å². The Morgan fingerprint density at radius 2 is 1.75 bits per heavy atom. The van der Waals surface area contributed by atoms with Crippen molar-refractivity contribution in [3.8, 4) is 0 Å². The number of rotatable bonds is 3. The molecule has 3 aliphatic rings. The molecule has 0 aliphatic carbocycles. The number of nitrogens with one attached hydrogen (secondary N) is 1. The van der Waals surface area contributed by atoms with Crippen molar-refractivity contribution in [2.24, 2.45) is 0 Å². The minimum absolute atomic E-state index is 0.0296. The Morgan fingerprint density at radius 3 is 2.53 bits per heavy atom. The summed E-state index contributed by atoms with van der Waals surface area (Å²) >= 11 is 0. The van der Waals surface area contributed by atoms with Crippen molar-refractivity contribution in [2.45, 2.75) is 43.2 Å². The summed E-state index contributed by atoms with van der Waals surface area (Å²) in [6.45, 7) is 3.01. The third-order valence-electron chi connectivity index (χ3n) is 7.18. The van der Waals surface area contributed by atoms with Gasteiger partial charge in [0, 0.05) is 37.7 Å². The number of nitrogens with zero attached hydrogens (tertiary/aromatic N) is 2. The van der Waals surface area contributed by atoms with Gasteiger partial charge in [0.1, 0.15) is 0 Å². The molecule has 6 nitrogen and oxygen atoms in total. The molecule has 0 bridgehead atoms. The molecule has 1 spiro atoms. The van der Waals surface area contributed by atoms with Gasteiger partial charge in [-0.05, 0) is 30.5 Å². The monoisotopic (exact) mass is 433 g/mol. The van der Waals surface area contributed by atoms with Gasteiger partial charge in [0.05, 0.1) is 18.7 Å². The van der Waals surface area contributed by atoms with Crippen LogP contribution in [0.3, 0.4) is 0 Å². The minimum Gasteiger partial charge on any atom is -0.366 e. The second kappa shape index (κ2) is 8.94. The average molecular weight is 434 g/mol. The van der Waals surface area contributed by atoms with Crippen LogP contribution in [0.5, 0.6) is 0 Å². The van der Waals surface area contributed by atoms with Gasteiger partial charge in [-0.3, -0.25) is 9.59 Å². The SMILES string of the molecule is O=C1CCCC[C@]2(CN(C(=O)C3CN(c4ccccc4)CCO3)C[C@H]2c2ccccc2)N1. The number of likely N-dealkylation sites (tertiary alicyclic amines) is 1. The fourth-order valence-electron chi connectivity index (χ4n) is 5.57. The lowest BCUT2D eigenvalue weighted by Gasteiger charge is -2.36. The Balaban J connectivity index is 1.37. The van der Waals surface area contributed by atoms with Crippen molar-refractivity contribution in [1.82, 2.24) is 10.2 Å². The molecule has 168 valence electrons. The molecule has 0 aromatic heterocycles. The van der Waals surface area contributed by atoms with Gasteiger partial charge in [-0.25, -0.2) is 0 Å². The Hall–Kier alpha value is -2.86. The van der Waals surface area contributed by atoms with Crippen LogP contribution < -0.4 is 10.2 Å². The summed E-state index contributed by atoms with van der Waals surface area (Å²) in [7, 11) is 0. The molecule has 0 saturated carbocycles. The molecule has 1 unspecified atom stereocenters. The van der Waals surface area contributed by atoms with Gasteiger partial charge in [-0.15, -0.1) is 0 Å². The molecule has 3 atom stereocenters. The zero-order valence-electron chi connectivity index (χ0n) is 18.4. The lowest BCUT2D eigenvalue weighted by atomic mass is 9.79. The first kappa shape index (κ1) is 21.0. The molecule has 3 saturated heterocycles. The maximum absolute atomic E-state index is 13.6. The summed E-state index contributed by atoms with van der Waals surface area (Å²) in [5.41, 5.74) is 1.89. The Bertz CT molecular complexity index is 951. The smallest absolute Gasteiger partial charge is 0.253 e. The number of hydrogen-bond acceptors (Lipinski definition) is 4. The van der Waals surface area contributed by atoms with Crippen LogP contribution in [0.1, 0.15) is 37.2 Å². The molecule has 6 heteroatoms. The van der Waals surface area contributed by atoms with Gasteiger partial charge in [0.2, 0.25) is 5.91 Å². The van der Waals surface area contributed by atoms with E-state index >= 15 is 0 Å². The quantitative estimate of drug-likeness (QED) is 0.809. The van der Waals surface area contributed by atoms with E-state index in [2.05, 4.69) is 34.5 Å². The van der Waals surface area contributed by atoms with Gasteiger partial charge in [-0.1, -0.05) is 55.0 Å². The summed E-state index contributed by atoms with van der Waals surface area (Å²) in [5.74, 6) is 0.215. The van der Waals surface area contributed by atoms with Crippen molar-refractivity contribution in [1.29, 1.82) is 0 Å². The van der Waals surface area contributed by atoms with Crippen molar-refractivity contribution >= 4 is 17.5 Å². The van der Waals surface area contributed by atoms with Gasteiger partial charge in [0.15, 0.2) is 6.10 Å². The molecule has 2 aromatic rings. The van der Waals surface area contributed by atoms with Gasteiger partial charge in [-0.2, -0.15) is 0 Å². The summed E-state index contributed by atoms with van der Waals surface area (Å²) in [5, 5.41) is 3.34. The predicted molar refractivity (Wildman–Crippen MR) is 123 cm³/mol. The average Bonchev–Trinajstić information content (AvgIpc) is 3.10.